The summed E-state index contributed by atoms with van der Waals surface area (Å²) in [6.07, 6.45) is 1.46. The molecule has 0 spiro atoms. The molecular weight excluding hydrogens is 210 g/mol. The first-order valence-electron chi connectivity index (χ1n) is 4.99. The molecule has 5 nitrogen and oxygen atoms in total. The fourth-order valence-corrected chi connectivity index (χ4v) is 1.14. The number of hydrogen-bond donors (Lipinski definition) is 2. The minimum absolute atomic E-state index is 0.0444. The highest BCUT2D eigenvalue weighted by Gasteiger charge is 2.27. The van der Waals surface area contributed by atoms with Crippen LogP contribution in [0.1, 0.15) is 33.1 Å². The highest BCUT2D eigenvalue weighted by Crippen LogP contribution is 2.10. The Bertz CT molecular complexity index is 307. The largest absolute Gasteiger partial charge is 0.481 e. The minimum atomic E-state index is -0.982. The third-order valence-electron chi connectivity index (χ3n) is 2.11. The predicted molar refractivity (Wildman–Crippen MR) is 58.9 cm³/mol. The number of amides is 1. The summed E-state index contributed by atoms with van der Waals surface area (Å²) in [5.41, 5.74) is -0.982. The van der Waals surface area contributed by atoms with Crippen molar-refractivity contribution in [2.75, 3.05) is 0 Å². The first-order chi connectivity index (χ1) is 7.29. The summed E-state index contributed by atoms with van der Waals surface area (Å²) in [5, 5.41) is 10.9. The molecule has 0 saturated heterocycles. The number of ketones is 1. The number of carboxylic acid groups (broad SMARTS) is 1. The van der Waals surface area contributed by atoms with Gasteiger partial charge in [-0.25, -0.2) is 0 Å². The Morgan fingerprint density at radius 1 is 1.31 bits per heavy atom. The van der Waals surface area contributed by atoms with E-state index in [4.69, 9.17) is 5.11 Å². The molecular formula is C11H17NO4. The fourth-order valence-electron chi connectivity index (χ4n) is 1.14. The molecule has 0 aromatic carbocycles. The summed E-state index contributed by atoms with van der Waals surface area (Å²) in [4.78, 5) is 33.0. The second-order valence-electron chi connectivity index (χ2n) is 3.99. The van der Waals surface area contributed by atoms with E-state index < -0.39 is 17.4 Å². The third-order valence-corrected chi connectivity index (χ3v) is 2.11. The molecule has 0 heterocycles. The van der Waals surface area contributed by atoms with Gasteiger partial charge >= 0.3 is 5.97 Å². The molecule has 0 bridgehead atoms. The van der Waals surface area contributed by atoms with Crippen molar-refractivity contribution in [3.8, 4) is 0 Å². The Morgan fingerprint density at radius 3 is 2.31 bits per heavy atom. The van der Waals surface area contributed by atoms with Crippen LogP contribution in [-0.4, -0.2) is 28.3 Å². The summed E-state index contributed by atoms with van der Waals surface area (Å²) in [6, 6.07) is 0. The molecule has 5 heteroatoms. The summed E-state index contributed by atoms with van der Waals surface area (Å²) in [6.45, 7) is 6.45. The molecule has 0 aromatic heterocycles. The van der Waals surface area contributed by atoms with Gasteiger partial charge in [0.05, 0.1) is 5.54 Å². The average molecular weight is 227 g/mol. The number of nitrogens with one attached hydrogen (secondary N) is 1. The van der Waals surface area contributed by atoms with E-state index in [1.54, 1.807) is 13.8 Å². The van der Waals surface area contributed by atoms with Gasteiger partial charge in [-0.15, -0.1) is 0 Å². The van der Waals surface area contributed by atoms with Gasteiger partial charge in [0.25, 0.3) is 0 Å². The molecule has 0 rings (SSSR count). The van der Waals surface area contributed by atoms with Crippen LogP contribution in [-0.2, 0) is 14.4 Å². The summed E-state index contributed by atoms with van der Waals surface area (Å²) in [7, 11) is 0. The standard InChI is InChI=1S/C11H17NO4/c1-4-9(14)12-11(2,3)8(13)6-5-7-10(15)16/h4H,1,5-7H2,2-3H3,(H,12,14)(H,15,16). The predicted octanol–water partition coefficient (Wildman–Crippen LogP) is 0.891. The van der Waals surface area contributed by atoms with Crippen LogP contribution < -0.4 is 5.32 Å². The molecule has 0 aliphatic rings. The fraction of sp³-hybridized carbons (Fsp3) is 0.545. The second kappa shape index (κ2) is 6.05. The van der Waals surface area contributed by atoms with Crippen LogP contribution in [0, 0.1) is 0 Å². The van der Waals surface area contributed by atoms with E-state index in [1.807, 2.05) is 0 Å². The third kappa shape index (κ3) is 5.29. The van der Waals surface area contributed by atoms with Gasteiger partial charge in [-0.1, -0.05) is 6.58 Å². The zero-order valence-electron chi connectivity index (χ0n) is 9.58. The van der Waals surface area contributed by atoms with E-state index in [0.717, 1.165) is 6.08 Å². The molecule has 1 amide bonds. The maximum Gasteiger partial charge on any atom is 0.303 e. The SMILES string of the molecule is C=CC(=O)NC(C)(C)C(=O)CCCC(=O)O. The van der Waals surface area contributed by atoms with Gasteiger partial charge < -0.3 is 10.4 Å². The lowest BCUT2D eigenvalue weighted by Gasteiger charge is -2.23. The van der Waals surface area contributed by atoms with E-state index in [-0.39, 0.29) is 25.0 Å². The Labute approximate surface area is 94.5 Å². The van der Waals surface area contributed by atoms with Crippen LogP contribution in [0.2, 0.25) is 0 Å². The van der Waals surface area contributed by atoms with Gasteiger partial charge in [-0.2, -0.15) is 0 Å². The Morgan fingerprint density at radius 2 is 1.88 bits per heavy atom. The number of hydrogen-bond acceptors (Lipinski definition) is 3. The van der Waals surface area contributed by atoms with Crippen LogP contribution >= 0.6 is 0 Å². The van der Waals surface area contributed by atoms with Gasteiger partial charge in [0, 0.05) is 12.8 Å². The molecule has 0 aliphatic heterocycles. The normalized spacial score (nSPS) is 10.6. The first-order valence-corrected chi connectivity index (χ1v) is 4.99. The number of aliphatic carboxylic acids is 1. The Hall–Kier alpha value is -1.65. The first kappa shape index (κ1) is 14.3. The van der Waals surface area contributed by atoms with E-state index in [2.05, 4.69) is 11.9 Å². The molecule has 2 N–H and O–H groups in total. The molecule has 0 fully saturated rings. The lowest BCUT2D eigenvalue weighted by atomic mass is 9.95. The van der Waals surface area contributed by atoms with Gasteiger partial charge in [0.15, 0.2) is 5.78 Å². The van der Waals surface area contributed by atoms with Crippen LogP contribution in [0.25, 0.3) is 0 Å². The van der Waals surface area contributed by atoms with E-state index in [1.165, 1.54) is 0 Å². The highest BCUT2D eigenvalue weighted by atomic mass is 16.4. The van der Waals surface area contributed by atoms with Crippen molar-refractivity contribution < 1.29 is 19.5 Å². The minimum Gasteiger partial charge on any atom is -0.481 e. The summed E-state index contributed by atoms with van der Waals surface area (Å²) in [5.74, 6) is -1.54. The van der Waals surface area contributed by atoms with Crippen molar-refractivity contribution in [3.05, 3.63) is 12.7 Å². The van der Waals surface area contributed by atoms with Crippen LogP contribution in [0.5, 0.6) is 0 Å². The summed E-state index contributed by atoms with van der Waals surface area (Å²) < 4.78 is 0. The van der Waals surface area contributed by atoms with Crippen molar-refractivity contribution in [3.63, 3.8) is 0 Å². The lowest BCUT2D eigenvalue weighted by molar-refractivity contribution is -0.137. The van der Waals surface area contributed by atoms with E-state index in [9.17, 15) is 14.4 Å². The molecule has 0 unspecified atom stereocenters. The topological polar surface area (TPSA) is 83.5 Å². The quantitative estimate of drug-likeness (QED) is 0.633. The number of Topliss-reactive ketones (excluding diaryl/α,β-unsaturated/α-hetero) is 1. The van der Waals surface area contributed by atoms with Gasteiger partial charge in [0.1, 0.15) is 0 Å². The van der Waals surface area contributed by atoms with E-state index >= 15 is 0 Å². The number of rotatable bonds is 7. The van der Waals surface area contributed by atoms with Crippen molar-refractivity contribution in [2.24, 2.45) is 0 Å². The number of carbonyl (C=O) groups excluding carboxylic acids is 2. The Balaban J connectivity index is 4.18. The zero-order valence-corrected chi connectivity index (χ0v) is 9.58. The maximum absolute atomic E-state index is 11.7. The smallest absolute Gasteiger partial charge is 0.303 e. The summed E-state index contributed by atoms with van der Waals surface area (Å²) >= 11 is 0. The van der Waals surface area contributed by atoms with Gasteiger partial charge in [-0.3, -0.25) is 14.4 Å². The molecule has 0 radical (unpaired) electrons. The monoisotopic (exact) mass is 227 g/mol. The molecule has 0 aromatic rings. The zero-order chi connectivity index (χ0) is 12.8. The second-order valence-corrected chi connectivity index (χ2v) is 3.99. The van der Waals surface area contributed by atoms with Gasteiger partial charge in [-0.05, 0) is 26.3 Å². The van der Waals surface area contributed by atoms with Crippen LogP contribution in [0.15, 0.2) is 12.7 Å². The Kier molecular flexibility index (Phi) is 5.42. The van der Waals surface area contributed by atoms with Crippen LogP contribution in [0.4, 0.5) is 0 Å². The molecule has 0 aliphatic carbocycles. The van der Waals surface area contributed by atoms with Crippen molar-refractivity contribution in [2.45, 2.75) is 38.6 Å². The molecule has 0 atom stereocenters. The van der Waals surface area contributed by atoms with E-state index in [0.29, 0.717) is 0 Å². The number of carboxylic acids is 1. The molecule has 90 valence electrons. The highest BCUT2D eigenvalue weighted by molar-refractivity contribution is 5.95. The number of carbonyl (C=O) groups is 3. The molecule has 16 heavy (non-hydrogen) atoms. The average Bonchev–Trinajstić information content (AvgIpc) is 2.16. The molecule has 0 saturated carbocycles. The van der Waals surface area contributed by atoms with Crippen molar-refractivity contribution >= 4 is 17.7 Å². The van der Waals surface area contributed by atoms with Crippen molar-refractivity contribution in [1.82, 2.24) is 5.32 Å². The maximum atomic E-state index is 11.7. The van der Waals surface area contributed by atoms with Gasteiger partial charge in [0.2, 0.25) is 5.91 Å². The van der Waals surface area contributed by atoms with Crippen molar-refractivity contribution in [1.29, 1.82) is 0 Å². The lowest BCUT2D eigenvalue weighted by Crippen LogP contribution is -2.49. The van der Waals surface area contributed by atoms with Crippen LogP contribution in [0.3, 0.4) is 0 Å².